The molecule has 0 fully saturated rings. The van der Waals surface area contributed by atoms with Crippen LogP contribution < -0.4 is 0 Å². The predicted octanol–water partition coefficient (Wildman–Crippen LogP) is 4.11. The summed E-state index contributed by atoms with van der Waals surface area (Å²) in [5.74, 6) is -0.207. The van der Waals surface area contributed by atoms with Gasteiger partial charge in [0, 0.05) is 11.6 Å². The third-order valence-electron chi connectivity index (χ3n) is 3.43. The molecule has 18 heavy (non-hydrogen) atoms. The molecule has 0 amide bonds. The molecule has 0 atom stereocenters. The molecule has 0 aromatic carbocycles. The molecular formula is C13H16F3NO. The molecule has 100 valence electrons. The first-order valence-corrected chi connectivity index (χ1v) is 5.82. The van der Waals surface area contributed by atoms with E-state index in [2.05, 4.69) is 4.98 Å². The highest BCUT2D eigenvalue weighted by molar-refractivity contribution is 5.98. The Kier molecular flexibility index (Phi) is 4.14. The topological polar surface area (TPSA) is 30.0 Å². The summed E-state index contributed by atoms with van der Waals surface area (Å²) in [5.41, 5.74) is -1.31. The standard InChI is InChI=1S/C13H16F3NO/c1-4-12(3,5-2)11(18)10-7-6-9(8-17-10)13(14,15)16/h6-8H,4-5H2,1-3H3. The molecule has 1 aromatic rings. The van der Waals surface area contributed by atoms with Crippen LogP contribution in [-0.2, 0) is 6.18 Å². The van der Waals surface area contributed by atoms with Crippen molar-refractivity contribution >= 4 is 5.78 Å². The summed E-state index contributed by atoms with van der Waals surface area (Å²) >= 11 is 0. The molecule has 0 aliphatic heterocycles. The van der Waals surface area contributed by atoms with E-state index in [1.165, 1.54) is 0 Å². The van der Waals surface area contributed by atoms with Crippen LogP contribution in [0.1, 0.15) is 49.7 Å². The second-order valence-corrected chi connectivity index (χ2v) is 4.53. The van der Waals surface area contributed by atoms with Crippen LogP contribution in [0.25, 0.3) is 0 Å². The second kappa shape index (κ2) is 5.08. The zero-order valence-electron chi connectivity index (χ0n) is 10.6. The van der Waals surface area contributed by atoms with Crippen LogP contribution in [0.2, 0.25) is 0 Å². The number of hydrogen-bond acceptors (Lipinski definition) is 2. The number of aromatic nitrogens is 1. The van der Waals surface area contributed by atoms with E-state index in [4.69, 9.17) is 0 Å². The number of Topliss-reactive ketones (excluding diaryl/α,β-unsaturated/α-hetero) is 1. The molecule has 2 nitrogen and oxygen atoms in total. The smallest absolute Gasteiger partial charge is 0.292 e. The van der Waals surface area contributed by atoms with Crippen molar-refractivity contribution in [3.8, 4) is 0 Å². The number of nitrogens with zero attached hydrogens (tertiary/aromatic N) is 1. The first kappa shape index (κ1) is 14.7. The molecule has 1 rings (SSSR count). The normalized spacial score (nSPS) is 12.6. The summed E-state index contributed by atoms with van der Waals surface area (Å²) in [4.78, 5) is 15.8. The van der Waals surface area contributed by atoms with Crippen LogP contribution in [-0.4, -0.2) is 10.8 Å². The van der Waals surface area contributed by atoms with Crippen LogP contribution in [0.3, 0.4) is 0 Å². The van der Waals surface area contributed by atoms with Gasteiger partial charge in [-0.2, -0.15) is 13.2 Å². The molecule has 0 aliphatic carbocycles. The summed E-state index contributed by atoms with van der Waals surface area (Å²) in [6.45, 7) is 5.56. The van der Waals surface area contributed by atoms with Gasteiger partial charge in [-0.15, -0.1) is 0 Å². The molecule has 0 unspecified atom stereocenters. The van der Waals surface area contributed by atoms with Crippen molar-refractivity contribution in [3.05, 3.63) is 29.6 Å². The summed E-state index contributed by atoms with van der Waals surface area (Å²) in [6.07, 6.45) is -2.46. The molecule has 5 heteroatoms. The van der Waals surface area contributed by atoms with Crippen molar-refractivity contribution in [1.29, 1.82) is 0 Å². The fraction of sp³-hybridized carbons (Fsp3) is 0.538. The van der Waals surface area contributed by atoms with Crippen LogP contribution in [0.5, 0.6) is 0 Å². The van der Waals surface area contributed by atoms with Crippen molar-refractivity contribution in [1.82, 2.24) is 4.98 Å². The molecule has 0 radical (unpaired) electrons. The number of halogens is 3. The zero-order valence-corrected chi connectivity index (χ0v) is 10.6. The minimum Gasteiger partial charge on any atom is -0.292 e. The van der Waals surface area contributed by atoms with Gasteiger partial charge in [-0.25, -0.2) is 0 Å². The van der Waals surface area contributed by atoms with Crippen LogP contribution in [0.15, 0.2) is 18.3 Å². The van der Waals surface area contributed by atoms with E-state index in [1.807, 2.05) is 13.8 Å². The molecule has 0 spiro atoms. The maximum atomic E-state index is 12.4. The molecule has 0 N–H and O–H groups in total. The fourth-order valence-electron chi connectivity index (χ4n) is 1.58. The minimum atomic E-state index is -4.42. The third-order valence-corrected chi connectivity index (χ3v) is 3.43. The highest BCUT2D eigenvalue weighted by Gasteiger charge is 2.33. The molecule has 1 aromatic heterocycles. The van der Waals surface area contributed by atoms with Gasteiger partial charge in [0.25, 0.3) is 0 Å². The van der Waals surface area contributed by atoms with Crippen molar-refractivity contribution in [2.75, 3.05) is 0 Å². The van der Waals surface area contributed by atoms with Gasteiger partial charge in [0.05, 0.1) is 5.56 Å². The highest BCUT2D eigenvalue weighted by atomic mass is 19.4. The zero-order chi connectivity index (χ0) is 14.0. The Balaban J connectivity index is 3.03. The van der Waals surface area contributed by atoms with E-state index in [0.717, 1.165) is 12.1 Å². The van der Waals surface area contributed by atoms with Gasteiger partial charge in [-0.1, -0.05) is 20.8 Å². The van der Waals surface area contributed by atoms with E-state index >= 15 is 0 Å². The SMILES string of the molecule is CCC(C)(CC)C(=O)c1ccc(C(F)(F)F)cn1. The van der Waals surface area contributed by atoms with Crippen LogP contribution in [0.4, 0.5) is 13.2 Å². The Hall–Kier alpha value is -1.39. The lowest BCUT2D eigenvalue weighted by atomic mass is 9.79. The van der Waals surface area contributed by atoms with Gasteiger partial charge in [0.15, 0.2) is 5.78 Å². The first-order chi connectivity index (χ1) is 8.24. The van der Waals surface area contributed by atoms with E-state index in [0.29, 0.717) is 19.0 Å². The summed E-state index contributed by atoms with van der Waals surface area (Å²) < 4.78 is 37.1. The molecule has 0 aliphatic rings. The summed E-state index contributed by atoms with van der Waals surface area (Å²) in [7, 11) is 0. The average molecular weight is 259 g/mol. The van der Waals surface area contributed by atoms with Crippen molar-refractivity contribution in [2.45, 2.75) is 39.8 Å². The molecule has 0 saturated heterocycles. The van der Waals surface area contributed by atoms with Gasteiger partial charge >= 0.3 is 6.18 Å². The number of carbonyl (C=O) groups excluding carboxylic acids is 1. The minimum absolute atomic E-state index is 0.0919. The maximum Gasteiger partial charge on any atom is 0.417 e. The Bertz CT molecular complexity index is 419. The first-order valence-electron chi connectivity index (χ1n) is 5.82. The quantitative estimate of drug-likeness (QED) is 0.762. The number of alkyl halides is 3. The Morgan fingerprint density at radius 3 is 2.11 bits per heavy atom. The van der Waals surface area contributed by atoms with Crippen LogP contribution >= 0.6 is 0 Å². The fourth-order valence-corrected chi connectivity index (χ4v) is 1.58. The van der Waals surface area contributed by atoms with Crippen molar-refractivity contribution in [3.63, 3.8) is 0 Å². The van der Waals surface area contributed by atoms with Crippen molar-refractivity contribution in [2.24, 2.45) is 5.41 Å². The largest absolute Gasteiger partial charge is 0.417 e. The lowest BCUT2D eigenvalue weighted by molar-refractivity contribution is -0.137. The molecule has 0 bridgehead atoms. The van der Waals surface area contributed by atoms with E-state index in [-0.39, 0.29) is 11.5 Å². The number of pyridine rings is 1. The lowest BCUT2D eigenvalue weighted by Crippen LogP contribution is -2.27. The van der Waals surface area contributed by atoms with Gasteiger partial charge in [0.1, 0.15) is 5.69 Å². The Morgan fingerprint density at radius 2 is 1.78 bits per heavy atom. The van der Waals surface area contributed by atoms with E-state index in [1.54, 1.807) is 6.92 Å². The maximum absolute atomic E-state index is 12.4. The van der Waals surface area contributed by atoms with Gasteiger partial charge in [0.2, 0.25) is 0 Å². The molecule has 1 heterocycles. The summed E-state index contributed by atoms with van der Waals surface area (Å²) in [6, 6.07) is 2.04. The number of carbonyl (C=O) groups is 1. The number of rotatable bonds is 4. The van der Waals surface area contributed by atoms with Gasteiger partial charge in [-0.05, 0) is 25.0 Å². The Morgan fingerprint density at radius 1 is 1.22 bits per heavy atom. The van der Waals surface area contributed by atoms with Gasteiger partial charge < -0.3 is 0 Å². The monoisotopic (exact) mass is 259 g/mol. The Labute approximate surface area is 104 Å². The highest BCUT2D eigenvalue weighted by Crippen LogP contribution is 2.31. The summed E-state index contributed by atoms with van der Waals surface area (Å²) in [5, 5.41) is 0. The van der Waals surface area contributed by atoms with Gasteiger partial charge in [-0.3, -0.25) is 9.78 Å². The number of ketones is 1. The molecule has 0 saturated carbocycles. The average Bonchev–Trinajstić information content (AvgIpc) is 2.36. The van der Waals surface area contributed by atoms with Crippen LogP contribution in [0, 0.1) is 5.41 Å². The lowest BCUT2D eigenvalue weighted by Gasteiger charge is -2.24. The van der Waals surface area contributed by atoms with E-state index in [9.17, 15) is 18.0 Å². The molecular weight excluding hydrogens is 243 g/mol. The predicted molar refractivity (Wildman–Crippen MR) is 62.3 cm³/mol. The third kappa shape index (κ3) is 2.89. The second-order valence-electron chi connectivity index (χ2n) is 4.53. The number of hydrogen-bond donors (Lipinski definition) is 0. The van der Waals surface area contributed by atoms with E-state index < -0.39 is 17.2 Å². The van der Waals surface area contributed by atoms with Crippen molar-refractivity contribution < 1.29 is 18.0 Å².